The Morgan fingerprint density at radius 1 is 1.50 bits per heavy atom. The second-order valence-corrected chi connectivity index (χ2v) is 5.70. The molecule has 0 fully saturated rings. The third kappa shape index (κ3) is 2.97. The van der Waals surface area contributed by atoms with E-state index in [1.54, 1.807) is 7.11 Å². The molecule has 1 aliphatic rings. The predicted molar refractivity (Wildman–Crippen MR) is 80.7 cm³/mol. The minimum absolute atomic E-state index is 0.119. The Bertz CT molecular complexity index is 432. The molecule has 4 nitrogen and oxygen atoms in total. The highest BCUT2D eigenvalue weighted by Crippen LogP contribution is 2.38. The number of hydrogen-bond donors (Lipinski definition) is 2. The lowest BCUT2D eigenvalue weighted by molar-refractivity contribution is -0.0336. The van der Waals surface area contributed by atoms with Gasteiger partial charge >= 0.3 is 0 Å². The first-order valence-electron chi connectivity index (χ1n) is 7.37. The number of benzene rings is 1. The van der Waals surface area contributed by atoms with Crippen molar-refractivity contribution in [1.29, 1.82) is 0 Å². The maximum absolute atomic E-state index is 5.79. The fourth-order valence-electron chi connectivity index (χ4n) is 2.97. The summed E-state index contributed by atoms with van der Waals surface area (Å²) in [5, 5.41) is 0. The molecule has 112 valence electrons. The van der Waals surface area contributed by atoms with Crippen LogP contribution in [0.25, 0.3) is 0 Å². The Kier molecular flexibility index (Phi) is 5.02. The van der Waals surface area contributed by atoms with E-state index in [9.17, 15) is 0 Å². The van der Waals surface area contributed by atoms with E-state index in [0.717, 1.165) is 31.6 Å². The van der Waals surface area contributed by atoms with Gasteiger partial charge in [0.05, 0.1) is 18.2 Å². The molecule has 0 spiro atoms. The van der Waals surface area contributed by atoms with E-state index in [0.29, 0.717) is 5.92 Å². The van der Waals surface area contributed by atoms with Crippen LogP contribution in [0.15, 0.2) is 24.3 Å². The molecule has 2 rings (SSSR count). The van der Waals surface area contributed by atoms with Gasteiger partial charge < -0.3 is 9.47 Å². The minimum atomic E-state index is -0.248. The van der Waals surface area contributed by atoms with Crippen molar-refractivity contribution in [2.24, 2.45) is 5.84 Å². The summed E-state index contributed by atoms with van der Waals surface area (Å²) in [6.45, 7) is 5.02. The van der Waals surface area contributed by atoms with E-state index in [2.05, 4.69) is 31.4 Å². The van der Waals surface area contributed by atoms with E-state index >= 15 is 0 Å². The summed E-state index contributed by atoms with van der Waals surface area (Å²) in [4.78, 5) is 0. The highest BCUT2D eigenvalue weighted by atomic mass is 16.5. The molecule has 0 aliphatic carbocycles. The minimum Gasteiger partial charge on any atom is -0.493 e. The summed E-state index contributed by atoms with van der Waals surface area (Å²) in [6.07, 6.45) is 2.90. The first-order chi connectivity index (χ1) is 9.64. The van der Waals surface area contributed by atoms with Crippen LogP contribution in [0.5, 0.6) is 5.75 Å². The lowest BCUT2D eigenvalue weighted by Crippen LogP contribution is -2.53. The van der Waals surface area contributed by atoms with Crippen LogP contribution in [0, 0.1) is 0 Å². The molecule has 0 aromatic heterocycles. The third-order valence-electron chi connectivity index (χ3n) is 4.71. The number of methoxy groups -OCH3 is 1. The zero-order valence-electron chi connectivity index (χ0n) is 12.7. The van der Waals surface area contributed by atoms with Crippen LogP contribution in [0.3, 0.4) is 0 Å². The summed E-state index contributed by atoms with van der Waals surface area (Å²) < 4.78 is 11.4. The number of nitrogens with one attached hydrogen (secondary N) is 1. The van der Waals surface area contributed by atoms with Crippen molar-refractivity contribution in [2.75, 3.05) is 13.7 Å². The molecule has 3 unspecified atom stereocenters. The molecule has 0 saturated heterocycles. The van der Waals surface area contributed by atoms with E-state index in [-0.39, 0.29) is 11.6 Å². The van der Waals surface area contributed by atoms with Crippen LogP contribution >= 0.6 is 0 Å². The fourth-order valence-corrected chi connectivity index (χ4v) is 2.97. The van der Waals surface area contributed by atoms with Gasteiger partial charge in [0.2, 0.25) is 0 Å². The van der Waals surface area contributed by atoms with Gasteiger partial charge in [0.1, 0.15) is 5.75 Å². The molecule has 0 bridgehead atoms. The Balaban J connectivity index is 2.17. The summed E-state index contributed by atoms with van der Waals surface area (Å²) in [7, 11) is 1.76. The first kappa shape index (κ1) is 15.3. The zero-order chi connectivity index (χ0) is 14.6. The number of fused-ring (bicyclic) bond motifs is 1. The largest absolute Gasteiger partial charge is 0.493 e. The van der Waals surface area contributed by atoms with Gasteiger partial charge in [-0.3, -0.25) is 11.3 Å². The lowest BCUT2D eigenvalue weighted by atomic mass is 9.81. The molecule has 1 aromatic carbocycles. The second-order valence-electron chi connectivity index (χ2n) is 5.70. The highest BCUT2D eigenvalue weighted by molar-refractivity contribution is 5.37. The number of hydrogen-bond acceptors (Lipinski definition) is 4. The fraction of sp³-hybridized carbons (Fsp3) is 0.625. The lowest BCUT2D eigenvalue weighted by Gasteiger charge is -2.38. The van der Waals surface area contributed by atoms with Gasteiger partial charge in [-0.2, -0.15) is 0 Å². The van der Waals surface area contributed by atoms with Crippen LogP contribution in [0.4, 0.5) is 0 Å². The van der Waals surface area contributed by atoms with Crippen LogP contribution in [-0.4, -0.2) is 25.4 Å². The van der Waals surface area contributed by atoms with Crippen molar-refractivity contribution in [1.82, 2.24) is 5.43 Å². The third-order valence-corrected chi connectivity index (χ3v) is 4.71. The van der Waals surface area contributed by atoms with Crippen molar-refractivity contribution >= 4 is 0 Å². The number of hydrazine groups is 1. The molecular formula is C16H26N2O2. The zero-order valence-corrected chi connectivity index (χ0v) is 12.7. The van der Waals surface area contributed by atoms with Crippen molar-refractivity contribution in [3.05, 3.63) is 29.8 Å². The molecule has 0 radical (unpaired) electrons. The van der Waals surface area contributed by atoms with Crippen molar-refractivity contribution in [3.8, 4) is 5.75 Å². The normalized spacial score (nSPS) is 22.5. The average Bonchev–Trinajstić information content (AvgIpc) is 2.52. The SMILES string of the molecule is CCC(C)(OC)C(CC1CCOc2ccccc21)NN. The van der Waals surface area contributed by atoms with Crippen molar-refractivity contribution in [3.63, 3.8) is 0 Å². The van der Waals surface area contributed by atoms with E-state index < -0.39 is 0 Å². The molecule has 1 aliphatic heterocycles. The molecule has 4 heteroatoms. The van der Waals surface area contributed by atoms with Crippen molar-refractivity contribution in [2.45, 2.75) is 50.7 Å². The monoisotopic (exact) mass is 278 g/mol. The second kappa shape index (κ2) is 6.57. The quantitative estimate of drug-likeness (QED) is 0.620. The number of nitrogens with two attached hydrogens (primary N) is 1. The van der Waals surface area contributed by atoms with E-state index in [1.807, 2.05) is 12.1 Å². The van der Waals surface area contributed by atoms with Crippen LogP contribution in [-0.2, 0) is 4.74 Å². The van der Waals surface area contributed by atoms with Gasteiger partial charge in [0.25, 0.3) is 0 Å². The number of ether oxygens (including phenoxy) is 2. The molecule has 3 atom stereocenters. The van der Waals surface area contributed by atoms with Crippen LogP contribution in [0.1, 0.15) is 44.6 Å². The van der Waals surface area contributed by atoms with Crippen molar-refractivity contribution < 1.29 is 9.47 Å². The number of rotatable bonds is 6. The Hall–Kier alpha value is -1.10. The van der Waals surface area contributed by atoms with Gasteiger partial charge in [-0.15, -0.1) is 0 Å². The van der Waals surface area contributed by atoms with E-state index in [4.69, 9.17) is 15.3 Å². The standard InChI is InChI=1S/C16H26N2O2/c1-4-16(2,19-3)15(18-17)11-12-9-10-20-14-8-6-5-7-13(12)14/h5-8,12,15,18H,4,9-11,17H2,1-3H3. The molecule has 1 heterocycles. The van der Waals surface area contributed by atoms with Gasteiger partial charge in [-0.05, 0) is 43.7 Å². The predicted octanol–water partition coefficient (Wildman–Crippen LogP) is 2.59. The molecule has 0 amide bonds. The molecule has 1 aromatic rings. The topological polar surface area (TPSA) is 56.5 Å². The van der Waals surface area contributed by atoms with Gasteiger partial charge in [-0.25, -0.2) is 0 Å². The smallest absolute Gasteiger partial charge is 0.122 e. The Labute approximate surface area is 121 Å². The summed E-state index contributed by atoms with van der Waals surface area (Å²) in [5.41, 5.74) is 3.99. The van der Waals surface area contributed by atoms with E-state index in [1.165, 1.54) is 5.56 Å². The summed E-state index contributed by atoms with van der Waals surface area (Å²) in [5.74, 6) is 7.26. The number of para-hydroxylation sites is 1. The maximum atomic E-state index is 5.79. The van der Waals surface area contributed by atoms with Crippen LogP contribution in [0.2, 0.25) is 0 Å². The first-order valence-corrected chi connectivity index (χ1v) is 7.37. The molecule has 0 saturated carbocycles. The molecular weight excluding hydrogens is 252 g/mol. The molecule has 3 N–H and O–H groups in total. The summed E-state index contributed by atoms with van der Waals surface area (Å²) in [6, 6.07) is 8.41. The van der Waals surface area contributed by atoms with Gasteiger partial charge in [-0.1, -0.05) is 25.1 Å². The Morgan fingerprint density at radius 2 is 2.25 bits per heavy atom. The Morgan fingerprint density at radius 3 is 2.90 bits per heavy atom. The van der Waals surface area contributed by atoms with Gasteiger partial charge in [0.15, 0.2) is 0 Å². The highest BCUT2D eigenvalue weighted by Gasteiger charge is 2.35. The maximum Gasteiger partial charge on any atom is 0.122 e. The average molecular weight is 278 g/mol. The molecule has 20 heavy (non-hydrogen) atoms. The van der Waals surface area contributed by atoms with Gasteiger partial charge in [0, 0.05) is 7.11 Å². The summed E-state index contributed by atoms with van der Waals surface area (Å²) >= 11 is 0. The van der Waals surface area contributed by atoms with Crippen LogP contribution < -0.4 is 16.0 Å².